The van der Waals surface area contributed by atoms with Gasteiger partial charge < -0.3 is 10.6 Å². The molecule has 0 aliphatic rings. The van der Waals surface area contributed by atoms with E-state index in [-0.39, 0.29) is 0 Å². The standard InChI is InChI=1S/C12H15ClFN3O2/c1-3-15-12(19)17-11(18)7(2)16-10-6-8(14)4-5-9(10)13/h4-7,16H,3H2,1-2H3,(H2,15,17,18,19). The number of hydrogen-bond donors (Lipinski definition) is 3. The summed E-state index contributed by atoms with van der Waals surface area (Å²) in [5, 5.41) is 7.60. The largest absolute Gasteiger partial charge is 0.373 e. The average Bonchev–Trinajstić information content (AvgIpc) is 2.34. The van der Waals surface area contributed by atoms with Gasteiger partial charge in [0.15, 0.2) is 0 Å². The molecule has 0 saturated heterocycles. The Labute approximate surface area is 115 Å². The molecular weight excluding hydrogens is 273 g/mol. The molecule has 0 fully saturated rings. The van der Waals surface area contributed by atoms with Gasteiger partial charge in [-0.3, -0.25) is 10.1 Å². The van der Waals surface area contributed by atoms with E-state index in [2.05, 4.69) is 16.0 Å². The Morgan fingerprint density at radius 3 is 2.74 bits per heavy atom. The highest BCUT2D eigenvalue weighted by molar-refractivity contribution is 6.33. The summed E-state index contributed by atoms with van der Waals surface area (Å²) in [6.07, 6.45) is 0. The van der Waals surface area contributed by atoms with E-state index in [1.54, 1.807) is 6.92 Å². The number of carbonyl (C=O) groups is 2. The molecule has 19 heavy (non-hydrogen) atoms. The summed E-state index contributed by atoms with van der Waals surface area (Å²) in [4.78, 5) is 22.8. The van der Waals surface area contributed by atoms with E-state index >= 15 is 0 Å². The molecule has 104 valence electrons. The number of hydrogen-bond acceptors (Lipinski definition) is 3. The number of carbonyl (C=O) groups excluding carboxylic acids is 2. The second-order valence-corrected chi connectivity index (χ2v) is 4.25. The van der Waals surface area contributed by atoms with E-state index in [9.17, 15) is 14.0 Å². The van der Waals surface area contributed by atoms with Gasteiger partial charge in [0.05, 0.1) is 10.7 Å². The zero-order valence-electron chi connectivity index (χ0n) is 10.6. The lowest BCUT2D eigenvalue weighted by molar-refractivity contribution is -0.120. The lowest BCUT2D eigenvalue weighted by atomic mass is 10.2. The van der Waals surface area contributed by atoms with Crippen molar-refractivity contribution < 1.29 is 14.0 Å². The molecule has 0 radical (unpaired) electrons. The first-order valence-corrected chi connectivity index (χ1v) is 6.12. The Morgan fingerprint density at radius 1 is 1.42 bits per heavy atom. The third kappa shape index (κ3) is 4.75. The number of benzene rings is 1. The normalized spacial score (nSPS) is 11.6. The van der Waals surface area contributed by atoms with Crippen LogP contribution in [0.25, 0.3) is 0 Å². The van der Waals surface area contributed by atoms with Crippen LogP contribution < -0.4 is 16.0 Å². The number of anilines is 1. The van der Waals surface area contributed by atoms with Crippen LogP contribution in [0.4, 0.5) is 14.9 Å². The first kappa shape index (κ1) is 15.2. The van der Waals surface area contributed by atoms with Gasteiger partial charge in [0.1, 0.15) is 11.9 Å². The monoisotopic (exact) mass is 287 g/mol. The fourth-order valence-corrected chi connectivity index (χ4v) is 1.50. The summed E-state index contributed by atoms with van der Waals surface area (Å²) in [6.45, 7) is 3.69. The summed E-state index contributed by atoms with van der Waals surface area (Å²) in [6, 6.07) is 2.46. The first-order valence-electron chi connectivity index (χ1n) is 5.74. The zero-order valence-corrected chi connectivity index (χ0v) is 11.3. The Morgan fingerprint density at radius 2 is 2.11 bits per heavy atom. The van der Waals surface area contributed by atoms with E-state index in [0.29, 0.717) is 17.3 Å². The SMILES string of the molecule is CCNC(=O)NC(=O)C(C)Nc1cc(F)ccc1Cl. The van der Waals surface area contributed by atoms with Crippen molar-refractivity contribution in [2.75, 3.05) is 11.9 Å². The number of nitrogens with one attached hydrogen (secondary N) is 3. The van der Waals surface area contributed by atoms with Crippen LogP contribution >= 0.6 is 11.6 Å². The minimum Gasteiger partial charge on any atom is -0.373 e. The number of urea groups is 1. The van der Waals surface area contributed by atoms with Gasteiger partial charge in [0.25, 0.3) is 0 Å². The van der Waals surface area contributed by atoms with E-state index < -0.39 is 23.8 Å². The molecule has 0 heterocycles. The maximum atomic E-state index is 13.0. The highest BCUT2D eigenvalue weighted by Crippen LogP contribution is 2.22. The van der Waals surface area contributed by atoms with Crippen molar-refractivity contribution in [3.05, 3.63) is 29.0 Å². The number of rotatable bonds is 4. The fourth-order valence-electron chi connectivity index (χ4n) is 1.33. The summed E-state index contributed by atoms with van der Waals surface area (Å²) >= 11 is 5.86. The van der Waals surface area contributed by atoms with Crippen molar-refractivity contribution in [1.29, 1.82) is 0 Å². The molecule has 1 rings (SSSR count). The Bertz CT molecular complexity index is 482. The molecule has 1 aromatic carbocycles. The van der Waals surface area contributed by atoms with E-state index in [1.807, 2.05) is 0 Å². The molecule has 0 bridgehead atoms. The first-order chi connectivity index (χ1) is 8.93. The summed E-state index contributed by atoms with van der Waals surface area (Å²) in [7, 11) is 0. The molecule has 1 atom stereocenters. The maximum absolute atomic E-state index is 13.0. The molecule has 7 heteroatoms. The summed E-state index contributed by atoms with van der Waals surface area (Å²) < 4.78 is 13.0. The van der Waals surface area contributed by atoms with Crippen molar-refractivity contribution in [2.24, 2.45) is 0 Å². The predicted molar refractivity (Wildman–Crippen MR) is 71.7 cm³/mol. The second kappa shape index (κ2) is 6.94. The Kier molecular flexibility index (Phi) is 5.57. The Hall–Kier alpha value is -1.82. The van der Waals surface area contributed by atoms with Crippen LogP contribution in [0.5, 0.6) is 0 Å². The summed E-state index contributed by atoms with van der Waals surface area (Å²) in [5.41, 5.74) is 0.292. The molecule has 5 nitrogen and oxygen atoms in total. The second-order valence-electron chi connectivity index (χ2n) is 3.84. The van der Waals surface area contributed by atoms with Crippen LogP contribution in [-0.4, -0.2) is 24.5 Å². The maximum Gasteiger partial charge on any atom is 0.321 e. The van der Waals surface area contributed by atoms with Crippen LogP contribution in [0, 0.1) is 5.82 Å². The van der Waals surface area contributed by atoms with Gasteiger partial charge >= 0.3 is 6.03 Å². The average molecular weight is 288 g/mol. The van der Waals surface area contributed by atoms with Gasteiger partial charge in [0.2, 0.25) is 5.91 Å². The number of halogens is 2. The number of amides is 3. The molecule has 0 aliphatic carbocycles. The van der Waals surface area contributed by atoms with Gasteiger partial charge in [-0.05, 0) is 32.0 Å². The van der Waals surface area contributed by atoms with E-state index in [0.717, 1.165) is 0 Å². The minimum atomic E-state index is -0.734. The lowest BCUT2D eigenvalue weighted by Gasteiger charge is -2.15. The van der Waals surface area contributed by atoms with Crippen LogP contribution in [0.2, 0.25) is 5.02 Å². The topological polar surface area (TPSA) is 70.2 Å². The van der Waals surface area contributed by atoms with E-state index in [1.165, 1.54) is 25.1 Å². The molecule has 0 aromatic heterocycles. The van der Waals surface area contributed by atoms with Gasteiger partial charge in [-0.25, -0.2) is 9.18 Å². The predicted octanol–water partition coefficient (Wildman–Crippen LogP) is 2.13. The van der Waals surface area contributed by atoms with Crippen molar-refractivity contribution >= 4 is 29.2 Å². The van der Waals surface area contributed by atoms with Crippen molar-refractivity contribution in [3.8, 4) is 0 Å². The third-order valence-electron chi connectivity index (χ3n) is 2.27. The molecular formula is C12H15ClFN3O2. The fraction of sp³-hybridized carbons (Fsp3) is 0.333. The van der Waals surface area contributed by atoms with Crippen molar-refractivity contribution in [3.63, 3.8) is 0 Å². The zero-order chi connectivity index (χ0) is 14.4. The molecule has 0 spiro atoms. The minimum absolute atomic E-state index is 0.291. The smallest absolute Gasteiger partial charge is 0.321 e. The molecule has 3 amide bonds. The highest BCUT2D eigenvalue weighted by Gasteiger charge is 2.16. The van der Waals surface area contributed by atoms with Gasteiger partial charge in [0, 0.05) is 6.54 Å². The van der Waals surface area contributed by atoms with Crippen molar-refractivity contribution in [2.45, 2.75) is 19.9 Å². The van der Waals surface area contributed by atoms with Gasteiger partial charge in [-0.1, -0.05) is 11.6 Å². The van der Waals surface area contributed by atoms with Gasteiger partial charge in [-0.2, -0.15) is 0 Å². The lowest BCUT2D eigenvalue weighted by Crippen LogP contribution is -2.45. The van der Waals surface area contributed by atoms with Gasteiger partial charge in [-0.15, -0.1) is 0 Å². The molecule has 3 N–H and O–H groups in total. The molecule has 0 saturated carbocycles. The van der Waals surface area contributed by atoms with Crippen LogP contribution in [0.1, 0.15) is 13.8 Å². The molecule has 1 aromatic rings. The quantitative estimate of drug-likeness (QED) is 0.794. The van der Waals surface area contributed by atoms with E-state index in [4.69, 9.17) is 11.6 Å². The van der Waals surface area contributed by atoms with Crippen LogP contribution in [0.3, 0.4) is 0 Å². The number of imide groups is 1. The summed E-state index contributed by atoms with van der Waals surface area (Å²) in [5.74, 6) is -1.01. The van der Waals surface area contributed by atoms with Crippen molar-refractivity contribution in [1.82, 2.24) is 10.6 Å². The third-order valence-corrected chi connectivity index (χ3v) is 2.60. The Balaban J connectivity index is 2.63. The van der Waals surface area contributed by atoms with Crippen LogP contribution in [-0.2, 0) is 4.79 Å². The molecule has 0 aliphatic heterocycles. The molecule has 1 unspecified atom stereocenters. The highest BCUT2D eigenvalue weighted by atomic mass is 35.5. The van der Waals surface area contributed by atoms with Crippen LogP contribution in [0.15, 0.2) is 18.2 Å².